The number of benzene rings is 1. The fourth-order valence-electron chi connectivity index (χ4n) is 3.53. The average Bonchev–Trinajstić information content (AvgIpc) is 2.42. The Kier molecular flexibility index (Phi) is 4.48. The molecule has 0 unspecified atom stereocenters. The number of likely N-dealkylation sites (tertiary alicyclic amines) is 1. The molecule has 1 aromatic rings. The zero-order chi connectivity index (χ0) is 16.5. The summed E-state index contributed by atoms with van der Waals surface area (Å²) in [6.07, 6.45) is 2.12. The summed E-state index contributed by atoms with van der Waals surface area (Å²) < 4.78 is 0. The molecule has 0 amide bonds. The van der Waals surface area contributed by atoms with Gasteiger partial charge in [0, 0.05) is 23.1 Å². The topological polar surface area (TPSA) is 40.5 Å². The third kappa shape index (κ3) is 3.41. The van der Waals surface area contributed by atoms with E-state index in [1.807, 2.05) is 30.3 Å². The van der Waals surface area contributed by atoms with Crippen molar-refractivity contribution in [1.82, 2.24) is 4.90 Å². The van der Waals surface area contributed by atoms with E-state index in [-0.39, 0.29) is 11.1 Å². The maximum absolute atomic E-state index is 11.8. The zero-order valence-corrected chi connectivity index (χ0v) is 14.3. The summed E-state index contributed by atoms with van der Waals surface area (Å²) in [5.74, 6) is -0.782. The summed E-state index contributed by atoms with van der Waals surface area (Å²) in [6.45, 7) is 8.76. The first-order valence-electron chi connectivity index (χ1n) is 7.85. The van der Waals surface area contributed by atoms with Gasteiger partial charge in [0.25, 0.3) is 0 Å². The Labute approximate surface area is 133 Å². The third-order valence-corrected chi connectivity index (χ3v) is 5.02. The van der Waals surface area contributed by atoms with Gasteiger partial charge in [-0.3, -0.25) is 4.90 Å². The first-order valence-corrected chi connectivity index (χ1v) is 7.85. The van der Waals surface area contributed by atoms with Gasteiger partial charge in [-0.2, -0.15) is 0 Å². The Morgan fingerprint density at radius 2 is 1.59 bits per heavy atom. The van der Waals surface area contributed by atoms with Crippen molar-refractivity contribution in [2.24, 2.45) is 0 Å². The highest BCUT2D eigenvalue weighted by Gasteiger charge is 2.42. The summed E-state index contributed by atoms with van der Waals surface area (Å²) in [5.41, 5.74) is 2.65. The number of nitrogens with zero attached hydrogens (tertiary/aromatic N) is 1. The Morgan fingerprint density at radius 1 is 1.09 bits per heavy atom. The van der Waals surface area contributed by atoms with Crippen LogP contribution in [-0.2, 0) is 11.2 Å². The molecule has 22 heavy (non-hydrogen) atoms. The van der Waals surface area contributed by atoms with Crippen LogP contribution in [0.15, 0.2) is 41.5 Å². The SMILES string of the molecule is CN1C(C)(C)CC(=C(Cc2ccccc2)C(=O)O)CC1(C)C. The van der Waals surface area contributed by atoms with Crippen LogP contribution in [0.25, 0.3) is 0 Å². The van der Waals surface area contributed by atoms with Crippen molar-refractivity contribution in [1.29, 1.82) is 0 Å². The van der Waals surface area contributed by atoms with E-state index >= 15 is 0 Å². The normalized spacial score (nSPS) is 20.7. The Hall–Kier alpha value is -1.61. The van der Waals surface area contributed by atoms with Gasteiger partial charge in [0.1, 0.15) is 0 Å². The molecule has 3 heteroatoms. The minimum absolute atomic E-state index is 0.0333. The lowest BCUT2D eigenvalue weighted by molar-refractivity contribution is -0.132. The van der Waals surface area contributed by atoms with E-state index in [0.29, 0.717) is 12.0 Å². The number of carboxylic acid groups (broad SMARTS) is 1. The highest BCUT2D eigenvalue weighted by molar-refractivity contribution is 5.88. The van der Waals surface area contributed by atoms with Gasteiger partial charge in [0.15, 0.2) is 0 Å². The highest BCUT2D eigenvalue weighted by atomic mass is 16.4. The van der Waals surface area contributed by atoms with E-state index < -0.39 is 5.97 Å². The monoisotopic (exact) mass is 301 g/mol. The minimum Gasteiger partial charge on any atom is -0.478 e. The zero-order valence-electron chi connectivity index (χ0n) is 14.3. The summed E-state index contributed by atoms with van der Waals surface area (Å²) in [6, 6.07) is 9.87. The second-order valence-electron chi connectivity index (χ2n) is 7.59. The molecule has 0 radical (unpaired) electrons. The van der Waals surface area contributed by atoms with Crippen LogP contribution in [0.1, 0.15) is 46.1 Å². The Bertz CT molecular complexity index is 565. The molecular formula is C19H27NO2. The van der Waals surface area contributed by atoms with Crippen LogP contribution in [0, 0.1) is 0 Å². The molecule has 0 bridgehead atoms. The van der Waals surface area contributed by atoms with Gasteiger partial charge in [-0.1, -0.05) is 35.9 Å². The molecule has 1 aromatic carbocycles. The van der Waals surface area contributed by atoms with E-state index in [4.69, 9.17) is 0 Å². The number of carbonyl (C=O) groups is 1. The molecule has 2 rings (SSSR count). The summed E-state index contributed by atoms with van der Waals surface area (Å²) in [5, 5.41) is 9.72. The Morgan fingerprint density at radius 3 is 2.05 bits per heavy atom. The molecule has 3 nitrogen and oxygen atoms in total. The summed E-state index contributed by atoms with van der Waals surface area (Å²) in [4.78, 5) is 14.2. The predicted molar refractivity (Wildman–Crippen MR) is 90.0 cm³/mol. The molecule has 1 fully saturated rings. The van der Waals surface area contributed by atoms with Crippen LogP contribution >= 0.6 is 0 Å². The van der Waals surface area contributed by atoms with E-state index in [9.17, 15) is 9.90 Å². The van der Waals surface area contributed by atoms with E-state index in [1.165, 1.54) is 0 Å². The number of carboxylic acids is 1. The molecule has 0 aliphatic carbocycles. The molecule has 1 aliphatic heterocycles. The second kappa shape index (κ2) is 5.88. The first kappa shape index (κ1) is 16.8. The lowest BCUT2D eigenvalue weighted by Gasteiger charge is -2.52. The van der Waals surface area contributed by atoms with Crippen molar-refractivity contribution in [3.63, 3.8) is 0 Å². The molecule has 0 spiro atoms. The predicted octanol–water partition coefficient (Wildman–Crippen LogP) is 3.89. The summed E-state index contributed by atoms with van der Waals surface area (Å²) >= 11 is 0. The Balaban J connectivity index is 2.41. The van der Waals surface area contributed by atoms with Crippen LogP contribution in [-0.4, -0.2) is 34.1 Å². The third-order valence-electron chi connectivity index (χ3n) is 5.02. The smallest absolute Gasteiger partial charge is 0.331 e. The van der Waals surface area contributed by atoms with Crippen LogP contribution in [0.3, 0.4) is 0 Å². The van der Waals surface area contributed by atoms with E-state index in [1.54, 1.807) is 0 Å². The standard InChI is InChI=1S/C19H27NO2/c1-18(2)12-15(13-19(3,4)20(18)5)16(17(21)22)11-14-9-7-6-8-10-14/h6-10H,11-13H2,1-5H3,(H,21,22). The van der Waals surface area contributed by atoms with Crippen molar-refractivity contribution in [3.05, 3.63) is 47.0 Å². The fourth-order valence-corrected chi connectivity index (χ4v) is 3.53. The maximum atomic E-state index is 11.8. The lowest BCUT2D eigenvalue weighted by Crippen LogP contribution is -2.57. The molecule has 1 heterocycles. The van der Waals surface area contributed by atoms with Gasteiger partial charge in [-0.15, -0.1) is 0 Å². The van der Waals surface area contributed by atoms with Crippen molar-refractivity contribution in [3.8, 4) is 0 Å². The van der Waals surface area contributed by atoms with Crippen molar-refractivity contribution in [2.45, 2.75) is 58.0 Å². The van der Waals surface area contributed by atoms with Gasteiger partial charge in [0.05, 0.1) is 0 Å². The molecule has 0 aromatic heterocycles. The van der Waals surface area contributed by atoms with Crippen LogP contribution in [0.4, 0.5) is 0 Å². The van der Waals surface area contributed by atoms with Gasteiger partial charge < -0.3 is 5.11 Å². The number of rotatable bonds is 3. The van der Waals surface area contributed by atoms with E-state index in [2.05, 4.69) is 39.6 Å². The molecular weight excluding hydrogens is 274 g/mol. The molecule has 1 saturated heterocycles. The molecule has 120 valence electrons. The molecule has 0 atom stereocenters. The van der Waals surface area contributed by atoms with Crippen LogP contribution in [0.2, 0.25) is 0 Å². The van der Waals surface area contributed by atoms with Crippen molar-refractivity contribution >= 4 is 5.97 Å². The maximum Gasteiger partial charge on any atom is 0.331 e. The van der Waals surface area contributed by atoms with Gasteiger partial charge in [-0.05, 0) is 53.1 Å². The van der Waals surface area contributed by atoms with Crippen LogP contribution in [0.5, 0.6) is 0 Å². The van der Waals surface area contributed by atoms with Crippen LogP contribution < -0.4 is 0 Å². The first-order chi connectivity index (χ1) is 10.1. The lowest BCUT2D eigenvalue weighted by atomic mass is 9.75. The number of hydrogen-bond donors (Lipinski definition) is 1. The molecule has 0 saturated carbocycles. The van der Waals surface area contributed by atoms with Crippen molar-refractivity contribution < 1.29 is 9.90 Å². The fraction of sp³-hybridized carbons (Fsp3) is 0.526. The minimum atomic E-state index is -0.782. The number of aliphatic carboxylic acids is 1. The van der Waals surface area contributed by atoms with Gasteiger partial charge in [-0.25, -0.2) is 4.79 Å². The van der Waals surface area contributed by atoms with Gasteiger partial charge in [0.2, 0.25) is 0 Å². The van der Waals surface area contributed by atoms with E-state index in [0.717, 1.165) is 24.0 Å². The van der Waals surface area contributed by atoms with Crippen molar-refractivity contribution in [2.75, 3.05) is 7.05 Å². The quantitative estimate of drug-likeness (QED) is 0.861. The second-order valence-corrected chi connectivity index (χ2v) is 7.59. The summed E-state index contributed by atoms with van der Waals surface area (Å²) in [7, 11) is 2.13. The molecule has 1 aliphatic rings. The molecule has 1 N–H and O–H groups in total. The average molecular weight is 301 g/mol. The van der Waals surface area contributed by atoms with Gasteiger partial charge >= 0.3 is 5.97 Å². The highest BCUT2D eigenvalue weighted by Crippen LogP contribution is 2.41. The number of piperidine rings is 1. The number of hydrogen-bond acceptors (Lipinski definition) is 2. The largest absolute Gasteiger partial charge is 0.478 e.